The van der Waals surface area contributed by atoms with Crippen molar-refractivity contribution in [3.05, 3.63) is 0 Å². The van der Waals surface area contributed by atoms with E-state index in [0.717, 1.165) is 48.6 Å². The molecule has 0 saturated heterocycles. The number of ether oxygens (including phenoxy) is 1. The third-order valence-electron chi connectivity index (χ3n) is 4.84. The van der Waals surface area contributed by atoms with E-state index in [-0.39, 0.29) is 11.1 Å². The van der Waals surface area contributed by atoms with E-state index in [1.54, 1.807) is 0 Å². The second-order valence-corrected chi connectivity index (χ2v) is 11.0. The summed E-state index contributed by atoms with van der Waals surface area (Å²) < 4.78 is 24.6. The van der Waals surface area contributed by atoms with Crippen LogP contribution in [-0.2, 0) is 18.0 Å². The third-order valence-corrected chi connectivity index (χ3v) is 10.2. The Morgan fingerprint density at radius 3 is 1.96 bits per heavy atom. The van der Waals surface area contributed by atoms with Crippen molar-refractivity contribution >= 4 is 19.0 Å². The van der Waals surface area contributed by atoms with Crippen molar-refractivity contribution in [2.45, 2.75) is 90.8 Å². The molecule has 0 amide bonds. The minimum atomic E-state index is -2.39. The molecule has 0 bridgehead atoms. The van der Waals surface area contributed by atoms with Crippen LogP contribution < -0.4 is 0 Å². The van der Waals surface area contributed by atoms with Crippen LogP contribution in [0.1, 0.15) is 73.6 Å². The molecule has 0 aliphatic heterocycles. The van der Waals surface area contributed by atoms with Gasteiger partial charge in [0.25, 0.3) is 0 Å². The van der Waals surface area contributed by atoms with Crippen LogP contribution in [-0.4, -0.2) is 51.6 Å². The Morgan fingerprint density at radius 2 is 1.54 bits per heavy atom. The Labute approximate surface area is 154 Å². The molecule has 4 nitrogen and oxygen atoms in total. The third kappa shape index (κ3) is 6.54. The standard InChI is InChI=1S/C18H42O4Si2/c1-7-12-17(19-14-15-20-23)18(6,13-8-2)24(16-9-3,21-10-4)22-11-5/h17H,7-16H2,1-6,23H3. The Hall–Kier alpha value is 0.274. The maximum Gasteiger partial charge on any atom is 0.346 e. The van der Waals surface area contributed by atoms with Gasteiger partial charge in [-0.15, -0.1) is 0 Å². The Morgan fingerprint density at radius 1 is 0.917 bits per heavy atom. The normalized spacial score (nSPS) is 16.2. The molecule has 0 spiro atoms. The molecule has 0 rings (SSSR count). The molecular formula is C18H42O4Si2. The SMILES string of the molecule is CCCC(OCCO[SiH3])C(C)(CCC)[Si](CCC)(OCC)OCC. The van der Waals surface area contributed by atoms with E-state index in [4.69, 9.17) is 18.0 Å². The van der Waals surface area contributed by atoms with E-state index >= 15 is 0 Å². The molecule has 0 radical (unpaired) electrons. The summed E-state index contributed by atoms with van der Waals surface area (Å²) >= 11 is 0. The first kappa shape index (κ1) is 24.3. The summed E-state index contributed by atoms with van der Waals surface area (Å²) in [7, 11) is -1.62. The highest BCUT2D eigenvalue weighted by Gasteiger charge is 2.57. The second-order valence-electron chi connectivity index (χ2n) is 6.68. The van der Waals surface area contributed by atoms with Crippen molar-refractivity contribution in [3.8, 4) is 0 Å². The van der Waals surface area contributed by atoms with Crippen LogP contribution in [0.5, 0.6) is 0 Å². The van der Waals surface area contributed by atoms with E-state index in [1.807, 2.05) is 0 Å². The lowest BCUT2D eigenvalue weighted by Gasteiger charge is -2.49. The zero-order valence-electron chi connectivity index (χ0n) is 17.3. The zero-order chi connectivity index (χ0) is 18.5. The Balaban J connectivity index is 5.75. The fourth-order valence-corrected chi connectivity index (χ4v) is 8.54. The predicted molar refractivity (Wildman–Crippen MR) is 108 cm³/mol. The predicted octanol–water partition coefficient (Wildman–Crippen LogP) is 3.95. The van der Waals surface area contributed by atoms with Gasteiger partial charge >= 0.3 is 8.56 Å². The van der Waals surface area contributed by atoms with Crippen LogP contribution in [0, 0.1) is 0 Å². The van der Waals surface area contributed by atoms with Gasteiger partial charge in [0.15, 0.2) is 0 Å². The van der Waals surface area contributed by atoms with Gasteiger partial charge in [0.2, 0.25) is 0 Å². The molecule has 0 fully saturated rings. The Kier molecular flexibility index (Phi) is 13.6. The summed E-state index contributed by atoms with van der Waals surface area (Å²) in [6.07, 6.45) is 5.64. The van der Waals surface area contributed by atoms with Gasteiger partial charge in [0.05, 0.1) is 19.3 Å². The van der Waals surface area contributed by atoms with Crippen molar-refractivity contribution in [1.82, 2.24) is 0 Å². The molecule has 2 unspecified atom stereocenters. The monoisotopic (exact) mass is 378 g/mol. The lowest BCUT2D eigenvalue weighted by atomic mass is 9.94. The second kappa shape index (κ2) is 13.5. The van der Waals surface area contributed by atoms with Gasteiger partial charge in [0, 0.05) is 18.3 Å². The summed E-state index contributed by atoms with van der Waals surface area (Å²) in [5, 5.41) is -0.0367. The molecule has 0 aromatic heterocycles. The van der Waals surface area contributed by atoms with E-state index in [9.17, 15) is 0 Å². The minimum Gasteiger partial charge on any atom is -0.426 e. The zero-order valence-corrected chi connectivity index (χ0v) is 20.3. The van der Waals surface area contributed by atoms with Crippen molar-refractivity contribution in [3.63, 3.8) is 0 Å². The molecule has 6 heteroatoms. The van der Waals surface area contributed by atoms with Crippen LogP contribution in [0.15, 0.2) is 0 Å². The van der Waals surface area contributed by atoms with E-state index in [1.165, 1.54) is 0 Å². The molecule has 0 aromatic rings. The van der Waals surface area contributed by atoms with E-state index in [0.29, 0.717) is 26.4 Å². The molecule has 0 aliphatic carbocycles. The molecule has 0 heterocycles. The quantitative estimate of drug-likeness (QED) is 0.301. The Bertz CT molecular complexity index is 288. The van der Waals surface area contributed by atoms with Crippen molar-refractivity contribution in [2.24, 2.45) is 0 Å². The highest BCUT2D eigenvalue weighted by atomic mass is 28.4. The molecule has 0 aliphatic rings. The van der Waals surface area contributed by atoms with Gasteiger partial charge in [-0.1, -0.05) is 47.0 Å². The van der Waals surface area contributed by atoms with E-state index < -0.39 is 8.56 Å². The molecule has 146 valence electrons. The summed E-state index contributed by atoms with van der Waals surface area (Å²) in [5.74, 6) is 0. The first-order chi connectivity index (χ1) is 11.5. The van der Waals surface area contributed by atoms with Gasteiger partial charge in [0.1, 0.15) is 10.5 Å². The lowest BCUT2D eigenvalue weighted by molar-refractivity contribution is -0.0170. The van der Waals surface area contributed by atoms with Crippen LogP contribution in [0.3, 0.4) is 0 Å². The number of hydrogen-bond acceptors (Lipinski definition) is 4. The molecular weight excluding hydrogens is 336 g/mol. The van der Waals surface area contributed by atoms with Gasteiger partial charge < -0.3 is 18.0 Å². The highest BCUT2D eigenvalue weighted by Crippen LogP contribution is 2.51. The average Bonchev–Trinajstić information content (AvgIpc) is 2.55. The lowest BCUT2D eigenvalue weighted by Crippen LogP contribution is -2.57. The molecule has 24 heavy (non-hydrogen) atoms. The molecule has 0 aromatic carbocycles. The van der Waals surface area contributed by atoms with Crippen LogP contribution in [0.25, 0.3) is 0 Å². The largest absolute Gasteiger partial charge is 0.426 e. The molecule has 0 N–H and O–H groups in total. The maximum absolute atomic E-state index is 6.47. The maximum atomic E-state index is 6.47. The fourth-order valence-electron chi connectivity index (χ4n) is 3.83. The topological polar surface area (TPSA) is 36.9 Å². The van der Waals surface area contributed by atoms with Gasteiger partial charge in [-0.05, 0) is 32.7 Å². The fraction of sp³-hybridized carbons (Fsp3) is 1.00. The highest BCUT2D eigenvalue weighted by molar-refractivity contribution is 6.71. The van der Waals surface area contributed by atoms with Crippen LogP contribution in [0.2, 0.25) is 11.1 Å². The summed E-state index contributed by atoms with van der Waals surface area (Å²) in [5.41, 5.74) is 0. The summed E-state index contributed by atoms with van der Waals surface area (Å²) in [4.78, 5) is 0. The molecule has 0 saturated carbocycles. The van der Waals surface area contributed by atoms with Gasteiger partial charge in [-0.3, -0.25) is 0 Å². The summed E-state index contributed by atoms with van der Waals surface area (Å²) in [6, 6.07) is 1.03. The number of rotatable bonds is 16. The average molecular weight is 379 g/mol. The number of hydrogen-bond donors (Lipinski definition) is 0. The van der Waals surface area contributed by atoms with Gasteiger partial charge in [-0.2, -0.15) is 0 Å². The van der Waals surface area contributed by atoms with Crippen LogP contribution in [0.4, 0.5) is 0 Å². The summed E-state index contributed by atoms with van der Waals surface area (Å²) in [6.45, 7) is 16.1. The first-order valence-electron chi connectivity index (χ1n) is 9.90. The minimum absolute atomic E-state index is 0.0367. The van der Waals surface area contributed by atoms with Crippen LogP contribution >= 0.6 is 0 Å². The van der Waals surface area contributed by atoms with Gasteiger partial charge in [-0.25, -0.2) is 0 Å². The first-order valence-corrected chi connectivity index (χ1v) is 12.7. The van der Waals surface area contributed by atoms with Crippen molar-refractivity contribution in [2.75, 3.05) is 26.4 Å². The molecule has 2 atom stereocenters. The van der Waals surface area contributed by atoms with Crippen molar-refractivity contribution < 1.29 is 18.0 Å². The van der Waals surface area contributed by atoms with Crippen molar-refractivity contribution in [1.29, 1.82) is 0 Å². The van der Waals surface area contributed by atoms with E-state index in [2.05, 4.69) is 41.5 Å². The smallest absolute Gasteiger partial charge is 0.346 e.